The summed E-state index contributed by atoms with van der Waals surface area (Å²) in [6.45, 7) is 1.76. The van der Waals surface area contributed by atoms with Gasteiger partial charge in [-0.2, -0.15) is 0 Å². The summed E-state index contributed by atoms with van der Waals surface area (Å²) in [5, 5.41) is 4.98. The molecule has 22 heavy (non-hydrogen) atoms. The number of benzene rings is 1. The quantitative estimate of drug-likeness (QED) is 0.780. The van der Waals surface area contributed by atoms with E-state index in [0.29, 0.717) is 10.8 Å². The highest BCUT2D eigenvalue weighted by Crippen LogP contribution is 2.24. The molecule has 0 aliphatic heterocycles. The van der Waals surface area contributed by atoms with Crippen LogP contribution in [0, 0.1) is 6.92 Å². The fourth-order valence-electron chi connectivity index (χ4n) is 1.99. The predicted octanol–water partition coefficient (Wildman–Crippen LogP) is 3.06. The molecule has 0 aliphatic rings. The molecule has 1 amide bonds. The number of carbonyl (C=O) groups excluding carboxylic acids is 1. The molecule has 0 aliphatic carbocycles. The zero-order valence-electron chi connectivity index (χ0n) is 11.8. The van der Waals surface area contributed by atoms with E-state index in [9.17, 15) is 9.59 Å². The highest BCUT2D eigenvalue weighted by Gasteiger charge is 2.13. The average molecular weight is 311 g/mol. The molecule has 0 radical (unpaired) electrons. The van der Waals surface area contributed by atoms with Crippen LogP contribution in [0.2, 0.25) is 0 Å². The van der Waals surface area contributed by atoms with E-state index in [4.69, 9.17) is 0 Å². The molecule has 2 N–H and O–H groups in total. The fraction of sp³-hybridized carbons (Fsp3) is 0.0625. The molecule has 6 heteroatoms. The summed E-state index contributed by atoms with van der Waals surface area (Å²) in [5.74, 6) is -0.463. The lowest BCUT2D eigenvalue weighted by molar-refractivity contribution is 0.102. The van der Waals surface area contributed by atoms with Crippen molar-refractivity contribution < 1.29 is 4.79 Å². The number of nitrogens with one attached hydrogen (secondary N) is 2. The van der Waals surface area contributed by atoms with Crippen LogP contribution in [0.3, 0.4) is 0 Å². The molecule has 0 saturated heterocycles. The first kappa shape index (κ1) is 14.2. The van der Waals surface area contributed by atoms with Gasteiger partial charge in [0.05, 0.1) is 5.69 Å². The number of carbonyl (C=O) groups is 1. The molecule has 0 atom stereocenters. The standard InChI is InChI=1S/C16H13N3O2S/c1-10-7-8-12(14(20)17-10)15(21)19-16-18-13(9-22-16)11-5-3-2-4-6-11/h2-9H,1H3,(H,17,20)(H,18,19,21). The molecule has 0 bridgehead atoms. The van der Waals surface area contributed by atoms with Crippen molar-refractivity contribution in [1.82, 2.24) is 9.97 Å². The minimum Gasteiger partial charge on any atom is -0.326 e. The Kier molecular flexibility index (Phi) is 3.84. The molecule has 0 spiro atoms. The molecule has 3 aromatic rings. The van der Waals surface area contributed by atoms with Gasteiger partial charge >= 0.3 is 0 Å². The Morgan fingerprint density at radius 1 is 1.18 bits per heavy atom. The van der Waals surface area contributed by atoms with Gasteiger partial charge in [0.25, 0.3) is 11.5 Å². The minimum atomic E-state index is -0.463. The summed E-state index contributed by atoms with van der Waals surface area (Å²) >= 11 is 1.32. The van der Waals surface area contributed by atoms with E-state index >= 15 is 0 Å². The second kappa shape index (κ2) is 5.95. The predicted molar refractivity (Wildman–Crippen MR) is 87.3 cm³/mol. The SMILES string of the molecule is Cc1ccc(C(=O)Nc2nc(-c3ccccc3)cs2)c(=O)[nH]1. The number of pyridine rings is 1. The van der Waals surface area contributed by atoms with Crippen molar-refractivity contribution in [3.05, 3.63) is 69.5 Å². The number of thiazole rings is 1. The third-order valence-electron chi connectivity index (χ3n) is 3.09. The van der Waals surface area contributed by atoms with Crippen LogP contribution in [-0.2, 0) is 0 Å². The molecule has 110 valence electrons. The molecule has 0 unspecified atom stereocenters. The highest BCUT2D eigenvalue weighted by molar-refractivity contribution is 7.14. The van der Waals surface area contributed by atoms with Crippen LogP contribution < -0.4 is 10.9 Å². The highest BCUT2D eigenvalue weighted by atomic mass is 32.1. The molecule has 3 rings (SSSR count). The molecule has 0 fully saturated rings. The van der Waals surface area contributed by atoms with Crippen LogP contribution in [0.4, 0.5) is 5.13 Å². The van der Waals surface area contributed by atoms with E-state index in [-0.39, 0.29) is 5.56 Å². The monoisotopic (exact) mass is 311 g/mol. The summed E-state index contributed by atoms with van der Waals surface area (Å²) in [4.78, 5) is 30.9. The van der Waals surface area contributed by atoms with Crippen LogP contribution in [-0.4, -0.2) is 15.9 Å². The Morgan fingerprint density at radius 2 is 1.95 bits per heavy atom. The van der Waals surface area contributed by atoms with Gasteiger partial charge in [0.1, 0.15) is 5.56 Å². The number of H-pyrrole nitrogens is 1. The second-order valence-corrected chi connectivity index (χ2v) is 5.60. The molecule has 2 heterocycles. The van der Waals surface area contributed by atoms with Crippen LogP contribution in [0.5, 0.6) is 0 Å². The lowest BCUT2D eigenvalue weighted by atomic mass is 10.2. The number of amides is 1. The number of nitrogens with zero attached hydrogens (tertiary/aromatic N) is 1. The first-order valence-electron chi connectivity index (χ1n) is 6.66. The largest absolute Gasteiger partial charge is 0.326 e. The van der Waals surface area contributed by atoms with Gasteiger partial charge in [0, 0.05) is 16.6 Å². The van der Waals surface area contributed by atoms with E-state index in [2.05, 4.69) is 15.3 Å². The zero-order chi connectivity index (χ0) is 15.5. The number of rotatable bonds is 3. The van der Waals surface area contributed by atoms with Crippen LogP contribution in [0.25, 0.3) is 11.3 Å². The maximum atomic E-state index is 12.1. The van der Waals surface area contributed by atoms with E-state index in [1.54, 1.807) is 13.0 Å². The third-order valence-corrected chi connectivity index (χ3v) is 3.85. The van der Waals surface area contributed by atoms with Crippen molar-refractivity contribution in [2.75, 3.05) is 5.32 Å². The first-order valence-corrected chi connectivity index (χ1v) is 7.53. The number of hydrogen-bond donors (Lipinski definition) is 2. The van der Waals surface area contributed by atoms with Crippen molar-refractivity contribution in [3.8, 4) is 11.3 Å². The van der Waals surface area contributed by atoms with Crippen molar-refractivity contribution in [3.63, 3.8) is 0 Å². The average Bonchev–Trinajstić information content (AvgIpc) is 2.96. The fourth-order valence-corrected chi connectivity index (χ4v) is 2.70. The van der Waals surface area contributed by atoms with E-state index in [1.165, 1.54) is 17.4 Å². The minimum absolute atomic E-state index is 0.0714. The molecular formula is C16H13N3O2S. The normalized spacial score (nSPS) is 10.4. The second-order valence-electron chi connectivity index (χ2n) is 4.74. The van der Waals surface area contributed by atoms with Gasteiger partial charge in [0.2, 0.25) is 0 Å². The van der Waals surface area contributed by atoms with Crippen molar-refractivity contribution in [2.24, 2.45) is 0 Å². The Labute approximate surface area is 130 Å². The van der Waals surface area contributed by atoms with Gasteiger partial charge in [-0.05, 0) is 19.1 Å². The van der Waals surface area contributed by atoms with Crippen LogP contribution in [0.15, 0.2) is 52.6 Å². The van der Waals surface area contributed by atoms with E-state index < -0.39 is 11.5 Å². The van der Waals surface area contributed by atoms with Gasteiger partial charge in [0.15, 0.2) is 5.13 Å². The molecular weight excluding hydrogens is 298 g/mol. The van der Waals surface area contributed by atoms with Crippen molar-refractivity contribution in [2.45, 2.75) is 6.92 Å². The first-order chi connectivity index (χ1) is 10.6. The summed E-state index contributed by atoms with van der Waals surface area (Å²) < 4.78 is 0. The Balaban J connectivity index is 1.80. The van der Waals surface area contributed by atoms with Gasteiger partial charge in [-0.1, -0.05) is 30.3 Å². The number of anilines is 1. The molecule has 0 saturated carbocycles. The summed E-state index contributed by atoms with van der Waals surface area (Å²) in [7, 11) is 0. The number of aromatic amines is 1. The van der Waals surface area contributed by atoms with Gasteiger partial charge in [-0.3, -0.25) is 14.9 Å². The summed E-state index contributed by atoms with van der Waals surface area (Å²) in [6.07, 6.45) is 0. The van der Waals surface area contributed by atoms with Crippen molar-refractivity contribution in [1.29, 1.82) is 0 Å². The smallest absolute Gasteiger partial charge is 0.263 e. The van der Waals surface area contributed by atoms with Crippen LogP contribution >= 0.6 is 11.3 Å². The lowest BCUT2D eigenvalue weighted by Crippen LogP contribution is -2.23. The number of aryl methyl sites for hydroxylation is 1. The van der Waals surface area contributed by atoms with Gasteiger partial charge in [-0.15, -0.1) is 11.3 Å². The molecule has 5 nitrogen and oxygen atoms in total. The van der Waals surface area contributed by atoms with Gasteiger partial charge in [-0.25, -0.2) is 4.98 Å². The van der Waals surface area contributed by atoms with E-state index in [0.717, 1.165) is 11.3 Å². The zero-order valence-corrected chi connectivity index (χ0v) is 12.6. The third kappa shape index (κ3) is 2.96. The maximum absolute atomic E-state index is 12.1. The molecule has 2 aromatic heterocycles. The molecule has 1 aromatic carbocycles. The Morgan fingerprint density at radius 3 is 2.68 bits per heavy atom. The lowest BCUT2D eigenvalue weighted by Gasteiger charge is -2.01. The van der Waals surface area contributed by atoms with E-state index in [1.807, 2.05) is 35.7 Å². The van der Waals surface area contributed by atoms with Gasteiger partial charge < -0.3 is 4.98 Å². The Bertz CT molecular complexity index is 868. The number of hydrogen-bond acceptors (Lipinski definition) is 4. The maximum Gasteiger partial charge on any atom is 0.263 e. The van der Waals surface area contributed by atoms with Crippen LogP contribution in [0.1, 0.15) is 16.1 Å². The Hall–Kier alpha value is -2.73. The number of aromatic nitrogens is 2. The summed E-state index contributed by atoms with van der Waals surface area (Å²) in [6, 6.07) is 12.9. The summed E-state index contributed by atoms with van der Waals surface area (Å²) in [5.41, 5.74) is 2.15. The van der Waals surface area contributed by atoms with Crippen molar-refractivity contribution >= 4 is 22.4 Å². The topological polar surface area (TPSA) is 74.8 Å².